The molecule has 0 aliphatic carbocycles. The molecule has 1 aromatic heterocycles. The molecule has 0 fully saturated rings. The lowest BCUT2D eigenvalue weighted by Crippen LogP contribution is -2.15. The molecule has 152 valence electrons. The number of nitrogens with one attached hydrogen (secondary N) is 2. The Morgan fingerprint density at radius 2 is 1.87 bits per heavy atom. The van der Waals surface area contributed by atoms with Gasteiger partial charge >= 0.3 is 0 Å². The number of anilines is 2. The molecule has 2 N–H and O–H groups in total. The molecule has 3 aromatic carbocycles. The second-order valence-corrected chi connectivity index (χ2v) is 8.06. The van der Waals surface area contributed by atoms with Crippen molar-refractivity contribution in [2.24, 2.45) is 7.05 Å². The number of nitrogens with zero attached hydrogens (tertiary/aromatic N) is 3. The van der Waals surface area contributed by atoms with E-state index in [0.717, 1.165) is 28.0 Å². The van der Waals surface area contributed by atoms with E-state index in [1.807, 2.05) is 78.3 Å². The van der Waals surface area contributed by atoms with Gasteiger partial charge in [0.2, 0.25) is 5.91 Å². The van der Waals surface area contributed by atoms with Crippen molar-refractivity contribution in [2.75, 3.05) is 16.4 Å². The molecule has 6 nitrogen and oxygen atoms in total. The molecule has 0 spiro atoms. The third kappa shape index (κ3) is 4.75. The van der Waals surface area contributed by atoms with Crippen molar-refractivity contribution in [2.45, 2.75) is 11.7 Å². The molecule has 30 heavy (non-hydrogen) atoms. The molecule has 0 aliphatic rings. The molecule has 0 saturated carbocycles. The minimum absolute atomic E-state index is 0.0852. The van der Waals surface area contributed by atoms with Gasteiger partial charge in [-0.3, -0.25) is 4.79 Å². The highest BCUT2D eigenvalue weighted by molar-refractivity contribution is 7.99. The number of benzene rings is 3. The van der Waals surface area contributed by atoms with Crippen molar-refractivity contribution in [3.63, 3.8) is 0 Å². The van der Waals surface area contributed by atoms with Crippen LogP contribution in [0.1, 0.15) is 5.82 Å². The summed E-state index contributed by atoms with van der Waals surface area (Å²) in [5, 5.41) is 18.2. The van der Waals surface area contributed by atoms with Crippen LogP contribution in [0.5, 0.6) is 0 Å². The molecular weight excluding hydrogens is 418 g/mol. The first-order valence-electron chi connectivity index (χ1n) is 9.38. The van der Waals surface area contributed by atoms with Gasteiger partial charge in [-0.15, -0.1) is 10.2 Å². The second-order valence-electron chi connectivity index (χ2n) is 6.69. The Morgan fingerprint density at radius 3 is 2.73 bits per heavy atom. The van der Waals surface area contributed by atoms with Crippen LogP contribution < -0.4 is 10.6 Å². The van der Waals surface area contributed by atoms with Crippen molar-refractivity contribution in [3.8, 4) is 0 Å². The normalized spacial score (nSPS) is 10.9. The van der Waals surface area contributed by atoms with Crippen molar-refractivity contribution in [3.05, 3.63) is 77.6 Å². The lowest BCUT2D eigenvalue weighted by molar-refractivity contribution is -0.113. The third-order valence-corrected chi connectivity index (χ3v) is 5.85. The fraction of sp³-hybridized carbons (Fsp3) is 0.136. The first-order valence-corrected chi connectivity index (χ1v) is 10.7. The number of rotatable bonds is 7. The average Bonchev–Trinajstić information content (AvgIpc) is 3.10. The van der Waals surface area contributed by atoms with Gasteiger partial charge in [0.1, 0.15) is 0 Å². The number of aromatic nitrogens is 3. The number of hydrogen-bond acceptors (Lipinski definition) is 5. The van der Waals surface area contributed by atoms with E-state index in [9.17, 15) is 4.79 Å². The zero-order chi connectivity index (χ0) is 20.9. The molecule has 1 heterocycles. The number of fused-ring (bicyclic) bond motifs is 1. The van der Waals surface area contributed by atoms with Gasteiger partial charge in [-0.25, -0.2) is 0 Å². The Kier molecular flexibility index (Phi) is 6.21. The van der Waals surface area contributed by atoms with Gasteiger partial charge in [-0.2, -0.15) is 0 Å². The number of carbonyl (C=O) groups is 1. The van der Waals surface area contributed by atoms with Crippen LogP contribution in [0.15, 0.2) is 71.9 Å². The van der Waals surface area contributed by atoms with Gasteiger partial charge in [-0.05, 0) is 29.7 Å². The van der Waals surface area contributed by atoms with E-state index in [-0.39, 0.29) is 11.7 Å². The van der Waals surface area contributed by atoms with Gasteiger partial charge in [-0.1, -0.05) is 65.8 Å². The second kappa shape index (κ2) is 9.19. The maximum atomic E-state index is 12.5. The van der Waals surface area contributed by atoms with Crippen LogP contribution in [0, 0.1) is 0 Å². The summed E-state index contributed by atoms with van der Waals surface area (Å²) >= 11 is 7.36. The Balaban J connectivity index is 1.35. The highest BCUT2D eigenvalue weighted by Gasteiger charge is 2.12. The van der Waals surface area contributed by atoms with Gasteiger partial charge in [0.15, 0.2) is 11.0 Å². The molecule has 4 aromatic rings. The van der Waals surface area contributed by atoms with Crippen LogP contribution in [0.3, 0.4) is 0 Å². The zero-order valence-corrected chi connectivity index (χ0v) is 17.9. The smallest absolute Gasteiger partial charge is 0.234 e. The van der Waals surface area contributed by atoms with Gasteiger partial charge in [0.25, 0.3) is 0 Å². The molecule has 0 saturated heterocycles. The SMILES string of the molecule is Cn1c(CNc2cccc(Cl)c2)nnc1SCC(=O)Nc1cccc2ccccc12. The number of carbonyl (C=O) groups excluding carboxylic acids is 1. The highest BCUT2D eigenvalue weighted by atomic mass is 35.5. The summed E-state index contributed by atoms with van der Waals surface area (Å²) < 4.78 is 1.88. The van der Waals surface area contributed by atoms with Crippen molar-refractivity contribution >= 4 is 51.4 Å². The first kappa shape index (κ1) is 20.3. The summed E-state index contributed by atoms with van der Waals surface area (Å²) in [6.07, 6.45) is 0. The molecule has 0 aliphatic heterocycles. The van der Waals surface area contributed by atoms with Crippen LogP contribution in [0.4, 0.5) is 11.4 Å². The van der Waals surface area contributed by atoms with Crippen molar-refractivity contribution in [1.82, 2.24) is 14.8 Å². The van der Waals surface area contributed by atoms with Gasteiger partial charge < -0.3 is 15.2 Å². The molecule has 4 rings (SSSR count). The Hall–Kier alpha value is -3.03. The van der Waals surface area contributed by atoms with E-state index >= 15 is 0 Å². The number of hydrogen-bond donors (Lipinski definition) is 2. The monoisotopic (exact) mass is 437 g/mol. The van der Waals surface area contributed by atoms with E-state index in [4.69, 9.17) is 11.6 Å². The summed E-state index contributed by atoms with van der Waals surface area (Å²) in [6, 6.07) is 21.4. The predicted octanol–water partition coefficient (Wildman–Crippen LogP) is 4.96. The van der Waals surface area contributed by atoms with E-state index in [2.05, 4.69) is 20.8 Å². The topological polar surface area (TPSA) is 71.8 Å². The van der Waals surface area contributed by atoms with Crippen molar-refractivity contribution < 1.29 is 4.79 Å². The maximum absolute atomic E-state index is 12.5. The number of halogens is 1. The van der Waals surface area contributed by atoms with Crippen LogP contribution in [-0.2, 0) is 18.4 Å². The zero-order valence-electron chi connectivity index (χ0n) is 16.3. The quantitative estimate of drug-likeness (QED) is 0.399. The Labute approximate surface area is 183 Å². The fourth-order valence-electron chi connectivity index (χ4n) is 3.06. The summed E-state index contributed by atoms with van der Waals surface area (Å²) in [5.74, 6) is 0.932. The largest absolute Gasteiger partial charge is 0.378 e. The Morgan fingerprint density at radius 1 is 1.07 bits per heavy atom. The average molecular weight is 438 g/mol. The van der Waals surface area contributed by atoms with Gasteiger partial charge in [0, 0.05) is 28.8 Å². The number of thioether (sulfide) groups is 1. The lowest BCUT2D eigenvalue weighted by Gasteiger charge is -2.09. The van der Waals surface area contributed by atoms with Crippen LogP contribution in [-0.4, -0.2) is 26.4 Å². The fourth-order valence-corrected chi connectivity index (χ4v) is 3.98. The molecule has 8 heteroatoms. The van der Waals surface area contributed by atoms with Gasteiger partial charge in [0.05, 0.1) is 12.3 Å². The van der Waals surface area contributed by atoms with E-state index in [1.54, 1.807) is 0 Å². The number of amides is 1. The first-order chi connectivity index (χ1) is 14.6. The lowest BCUT2D eigenvalue weighted by atomic mass is 10.1. The van der Waals surface area contributed by atoms with Crippen molar-refractivity contribution in [1.29, 1.82) is 0 Å². The van der Waals surface area contributed by atoms with E-state index in [0.29, 0.717) is 16.7 Å². The molecular formula is C22H20ClN5OS. The molecule has 1 amide bonds. The summed E-state index contributed by atoms with van der Waals surface area (Å²) in [6.45, 7) is 0.507. The molecule has 0 unspecified atom stereocenters. The van der Waals surface area contributed by atoms with Crippen LogP contribution in [0.25, 0.3) is 10.8 Å². The molecule has 0 radical (unpaired) electrons. The summed E-state index contributed by atoms with van der Waals surface area (Å²) in [5.41, 5.74) is 1.72. The highest BCUT2D eigenvalue weighted by Crippen LogP contribution is 2.24. The molecule has 0 atom stereocenters. The predicted molar refractivity (Wildman–Crippen MR) is 123 cm³/mol. The minimum atomic E-state index is -0.0852. The summed E-state index contributed by atoms with van der Waals surface area (Å²) in [7, 11) is 1.89. The van der Waals surface area contributed by atoms with Crippen LogP contribution >= 0.6 is 23.4 Å². The minimum Gasteiger partial charge on any atom is -0.378 e. The third-order valence-electron chi connectivity index (χ3n) is 4.60. The standard InChI is InChI=1S/C22H20ClN5OS/c1-28-20(13-24-17-9-5-8-16(23)12-17)26-27-22(28)30-14-21(29)25-19-11-4-7-15-6-2-3-10-18(15)19/h2-12,24H,13-14H2,1H3,(H,25,29). The molecule has 0 bridgehead atoms. The van der Waals surface area contributed by atoms with E-state index in [1.165, 1.54) is 11.8 Å². The maximum Gasteiger partial charge on any atom is 0.234 e. The van der Waals surface area contributed by atoms with E-state index < -0.39 is 0 Å². The summed E-state index contributed by atoms with van der Waals surface area (Å²) in [4.78, 5) is 12.5. The Bertz CT molecular complexity index is 1190. The van der Waals surface area contributed by atoms with Crippen LogP contribution in [0.2, 0.25) is 5.02 Å².